The van der Waals surface area contributed by atoms with E-state index in [0.29, 0.717) is 5.82 Å². The molecule has 1 aromatic carbocycles. The van der Waals surface area contributed by atoms with Crippen LogP contribution in [-0.2, 0) is 0 Å². The van der Waals surface area contributed by atoms with Crippen molar-refractivity contribution in [2.24, 2.45) is 5.73 Å². The Labute approximate surface area is 103 Å². The van der Waals surface area contributed by atoms with Crippen molar-refractivity contribution in [2.75, 3.05) is 0 Å². The van der Waals surface area contributed by atoms with Crippen molar-refractivity contribution in [1.82, 2.24) is 10.1 Å². The third kappa shape index (κ3) is 2.70. The van der Waals surface area contributed by atoms with Gasteiger partial charge in [-0.2, -0.15) is 4.98 Å². The summed E-state index contributed by atoms with van der Waals surface area (Å²) in [5.74, 6) is -0.975. The second-order valence-corrected chi connectivity index (χ2v) is 4.01. The quantitative estimate of drug-likeness (QED) is 0.909. The zero-order valence-corrected chi connectivity index (χ0v) is 9.86. The van der Waals surface area contributed by atoms with Crippen molar-refractivity contribution in [2.45, 2.75) is 25.8 Å². The van der Waals surface area contributed by atoms with Crippen LogP contribution < -0.4 is 5.73 Å². The maximum Gasteiger partial charge on any atom is 0.258 e. The molecule has 0 bridgehead atoms. The van der Waals surface area contributed by atoms with E-state index >= 15 is 0 Å². The molecule has 1 heterocycles. The van der Waals surface area contributed by atoms with Gasteiger partial charge in [-0.05, 0) is 18.6 Å². The summed E-state index contributed by atoms with van der Waals surface area (Å²) in [6, 6.07) is 2.71. The average molecular weight is 253 g/mol. The topological polar surface area (TPSA) is 64.9 Å². The molecule has 1 atom stereocenters. The Kier molecular flexibility index (Phi) is 3.66. The van der Waals surface area contributed by atoms with E-state index in [2.05, 4.69) is 10.1 Å². The van der Waals surface area contributed by atoms with E-state index in [4.69, 9.17) is 10.3 Å². The summed E-state index contributed by atoms with van der Waals surface area (Å²) in [6.45, 7) is 1.99. The van der Waals surface area contributed by atoms with Gasteiger partial charge in [-0.15, -0.1) is 0 Å². The SMILES string of the molecule is CCCC(N)c1noc(-c2cc(F)cc(F)c2)n1. The van der Waals surface area contributed by atoms with Crippen LogP contribution in [0.5, 0.6) is 0 Å². The minimum Gasteiger partial charge on any atom is -0.334 e. The van der Waals surface area contributed by atoms with Crippen LogP contribution in [0.25, 0.3) is 11.5 Å². The Morgan fingerprint density at radius 2 is 1.94 bits per heavy atom. The minimum absolute atomic E-state index is 0.0648. The van der Waals surface area contributed by atoms with Gasteiger partial charge in [-0.1, -0.05) is 18.5 Å². The lowest BCUT2D eigenvalue weighted by Crippen LogP contribution is -2.11. The molecule has 0 radical (unpaired) electrons. The number of aromatic nitrogens is 2. The molecule has 1 unspecified atom stereocenters. The normalized spacial score (nSPS) is 12.7. The fourth-order valence-electron chi connectivity index (χ4n) is 1.62. The molecule has 2 rings (SSSR count). The summed E-state index contributed by atoms with van der Waals surface area (Å²) >= 11 is 0. The Hall–Kier alpha value is -1.82. The van der Waals surface area contributed by atoms with Gasteiger partial charge in [0.25, 0.3) is 5.89 Å². The summed E-state index contributed by atoms with van der Waals surface area (Å²) in [5.41, 5.74) is 6.03. The molecule has 18 heavy (non-hydrogen) atoms. The molecule has 0 saturated heterocycles. The molecule has 1 aromatic heterocycles. The van der Waals surface area contributed by atoms with E-state index in [-0.39, 0.29) is 17.5 Å². The molecule has 2 aromatic rings. The molecule has 6 heteroatoms. The Balaban J connectivity index is 2.29. The van der Waals surface area contributed by atoms with Gasteiger partial charge in [-0.3, -0.25) is 0 Å². The van der Waals surface area contributed by atoms with Crippen molar-refractivity contribution in [3.8, 4) is 11.5 Å². The summed E-state index contributed by atoms with van der Waals surface area (Å²) in [5, 5.41) is 3.71. The molecule has 0 aliphatic heterocycles. The number of nitrogens with two attached hydrogens (primary N) is 1. The summed E-state index contributed by atoms with van der Waals surface area (Å²) in [4.78, 5) is 4.05. The van der Waals surface area contributed by atoms with Crippen LogP contribution in [0.4, 0.5) is 8.78 Å². The minimum atomic E-state index is -0.692. The zero-order chi connectivity index (χ0) is 13.1. The van der Waals surface area contributed by atoms with Crippen molar-refractivity contribution in [1.29, 1.82) is 0 Å². The molecule has 0 saturated carbocycles. The first-order valence-electron chi connectivity index (χ1n) is 5.65. The van der Waals surface area contributed by atoms with Gasteiger partial charge >= 0.3 is 0 Å². The maximum absolute atomic E-state index is 13.0. The molecule has 0 fully saturated rings. The average Bonchev–Trinajstić information content (AvgIpc) is 2.77. The van der Waals surface area contributed by atoms with Crippen LogP contribution in [0.15, 0.2) is 22.7 Å². The first kappa shape index (κ1) is 12.6. The lowest BCUT2D eigenvalue weighted by Gasteiger charge is -2.02. The molecule has 0 amide bonds. The van der Waals surface area contributed by atoms with Crippen LogP contribution in [0.2, 0.25) is 0 Å². The molecule has 4 nitrogen and oxygen atoms in total. The highest BCUT2D eigenvalue weighted by atomic mass is 19.1. The van der Waals surface area contributed by atoms with Crippen molar-refractivity contribution < 1.29 is 13.3 Å². The van der Waals surface area contributed by atoms with Crippen LogP contribution >= 0.6 is 0 Å². The smallest absolute Gasteiger partial charge is 0.258 e. The number of halogens is 2. The van der Waals surface area contributed by atoms with Gasteiger partial charge in [0.2, 0.25) is 0 Å². The number of hydrogen-bond acceptors (Lipinski definition) is 4. The van der Waals surface area contributed by atoms with Gasteiger partial charge in [-0.25, -0.2) is 8.78 Å². The number of rotatable bonds is 4. The van der Waals surface area contributed by atoms with Crippen LogP contribution in [0.3, 0.4) is 0 Å². The lowest BCUT2D eigenvalue weighted by molar-refractivity contribution is 0.413. The molecule has 0 aliphatic rings. The van der Waals surface area contributed by atoms with Gasteiger partial charge in [0.1, 0.15) is 11.6 Å². The Morgan fingerprint density at radius 1 is 1.28 bits per heavy atom. The number of benzene rings is 1. The van der Waals surface area contributed by atoms with Crippen molar-refractivity contribution in [3.05, 3.63) is 35.7 Å². The summed E-state index contributed by atoms with van der Waals surface area (Å²) in [6.07, 6.45) is 1.61. The van der Waals surface area contributed by atoms with E-state index in [0.717, 1.165) is 31.0 Å². The highest BCUT2D eigenvalue weighted by Gasteiger charge is 2.15. The fraction of sp³-hybridized carbons (Fsp3) is 0.333. The van der Waals surface area contributed by atoms with Crippen molar-refractivity contribution in [3.63, 3.8) is 0 Å². The molecule has 0 aliphatic carbocycles. The molecular weight excluding hydrogens is 240 g/mol. The van der Waals surface area contributed by atoms with Gasteiger partial charge in [0.15, 0.2) is 5.82 Å². The molecule has 2 N–H and O–H groups in total. The van der Waals surface area contributed by atoms with E-state index in [9.17, 15) is 8.78 Å². The first-order chi connectivity index (χ1) is 8.60. The molecule has 96 valence electrons. The van der Waals surface area contributed by atoms with Gasteiger partial charge < -0.3 is 10.3 Å². The second kappa shape index (κ2) is 5.22. The predicted octanol–water partition coefficient (Wildman–Crippen LogP) is 2.81. The third-order valence-corrected chi connectivity index (χ3v) is 2.48. The number of nitrogens with zero attached hydrogens (tertiary/aromatic N) is 2. The van der Waals surface area contributed by atoms with E-state index in [1.807, 2.05) is 6.92 Å². The standard InChI is InChI=1S/C12H13F2N3O/c1-2-3-10(15)11-16-12(18-17-11)7-4-8(13)6-9(14)5-7/h4-6,10H,2-3,15H2,1H3. The van der Waals surface area contributed by atoms with Crippen LogP contribution in [0.1, 0.15) is 31.6 Å². The van der Waals surface area contributed by atoms with Crippen LogP contribution in [0, 0.1) is 11.6 Å². The summed E-state index contributed by atoms with van der Waals surface area (Å²) < 4.78 is 31.0. The lowest BCUT2D eigenvalue weighted by atomic mass is 10.2. The van der Waals surface area contributed by atoms with Crippen LogP contribution in [-0.4, -0.2) is 10.1 Å². The van der Waals surface area contributed by atoms with E-state index < -0.39 is 11.6 Å². The summed E-state index contributed by atoms with van der Waals surface area (Å²) in [7, 11) is 0. The second-order valence-electron chi connectivity index (χ2n) is 4.01. The fourth-order valence-corrected chi connectivity index (χ4v) is 1.62. The van der Waals surface area contributed by atoms with Gasteiger partial charge in [0.05, 0.1) is 6.04 Å². The predicted molar refractivity (Wildman–Crippen MR) is 61.5 cm³/mol. The van der Waals surface area contributed by atoms with E-state index in [1.165, 1.54) is 0 Å². The largest absolute Gasteiger partial charge is 0.334 e. The highest BCUT2D eigenvalue weighted by molar-refractivity contribution is 5.52. The monoisotopic (exact) mass is 253 g/mol. The Bertz CT molecular complexity index is 522. The van der Waals surface area contributed by atoms with Gasteiger partial charge in [0, 0.05) is 11.6 Å². The molecule has 0 spiro atoms. The first-order valence-corrected chi connectivity index (χ1v) is 5.65. The molecular formula is C12H13F2N3O. The maximum atomic E-state index is 13.0. The van der Waals surface area contributed by atoms with Crippen molar-refractivity contribution >= 4 is 0 Å². The zero-order valence-electron chi connectivity index (χ0n) is 9.86. The Morgan fingerprint density at radius 3 is 2.56 bits per heavy atom. The number of hydrogen-bond donors (Lipinski definition) is 1. The van der Waals surface area contributed by atoms with E-state index in [1.54, 1.807) is 0 Å². The third-order valence-electron chi connectivity index (χ3n) is 2.48. The highest BCUT2D eigenvalue weighted by Crippen LogP contribution is 2.22.